The van der Waals surface area contributed by atoms with E-state index in [4.69, 9.17) is 4.74 Å². The molecule has 3 fully saturated rings. The monoisotopic (exact) mass is 345 g/mol. The van der Waals surface area contributed by atoms with Gasteiger partial charge in [0.25, 0.3) is 0 Å². The summed E-state index contributed by atoms with van der Waals surface area (Å²) in [6.07, 6.45) is 4.57. The van der Waals surface area contributed by atoms with Crippen LogP contribution in [0.4, 0.5) is 0 Å². The first-order valence-corrected chi connectivity index (χ1v) is 8.62. The molecule has 3 saturated heterocycles. The van der Waals surface area contributed by atoms with Gasteiger partial charge in [-0.2, -0.15) is 0 Å². The molecular weight excluding hydrogens is 318 g/mol. The fourth-order valence-corrected chi connectivity index (χ4v) is 3.69. The molecule has 3 rings (SSSR count). The van der Waals surface area contributed by atoms with E-state index in [-0.39, 0.29) is 36.2 Å². The van der Waals surface area contributed by atoms with Crippen molar-refractivity contribution in [2.24, 2.45) is 5.92 Å². The number of nitrogens with zero attached hydrogens (tertiary/aromatic N) is 2. The molecule has 3 aliphatic heterocycles. The van der Waals surface area contributed by atoms with Gasteiger partial charge in [0.2, 0.25) is 11.8 Å². The van der Waals surface area contributed by atoms with Crippen LogP contribution in [-0.4, -0.2) is 73.6 Å². The summed E-state index contributed by atoms with van der Waals surface area (Å²) < 4.78 is 5.40. The van der Waals surface area contributed by atoms with Crippen molar-refractivity contribution in [2.75, 3.05) is 45.9 Å². The third kappa shape index (κ3) is 4.81. The molecule has 0 radical (unpaired) electrons. The van der Waals surface area contributed by atoms with Crippen LogP contribution in [0.25, 0.3) is 0 Å². The topological polar surface area (TPSA) is 61.9 Å². The molecule has 6 nitrogen and oxygen atoms in total. The number of carbonyl (C=O) groups is 2. The van der Waals surface area contributed by atoms with Crippen LogP contribution in [0, 0.1) is 5.92 Å². The highest BCUT2D eigenvalue weighted by molar-refractivity contribution is 5.85. The van der Waals surface area contributed by atoms with E-state index in [1.165, 1.54) is 0 Å². The Morgan fingerprint density at radius 1 is 1.09 bits per heavy atom. The van der Waals surface area contributed by atoms with Crippen molar-refractivity contribution in [3.8, 4) is 0 Å². The Hall–Kier alpha value is -0.850. The minimum absolute atomic E-state index is 0. The standard InChI is InChI=1S/C16H27N3O3.ClH/c20-15(10-14-12-22-9-5-17-14)19-8-3-4-13(11-19)16(21)18-6-1-2-7-18;/h13-14,17H,1-12H2;1H. The summed E-state index contributed by atoms with van der Waals surface area (Å²) in [5.74, 6) is 0.419. The van der Waals surface area contributed by atoms with Gasteiger partial charge >= 0.3 is 0 Å². The number of carbonyl (C=O) groups excluding carboxylic acids is 2. The lowest BCUT2D eigenvalue weighted by Gasteiger charge is -2.35. The Balaban J connectivity index is 0.00000192. The van der Waals surface area contributed by atoms with Crippen molar-refractivity contribution in [2.45, 2.75) is 38.1 Å². The van der Waals surface area contributed by atoms with Crippen LogP contribution >= 0.6 is 12.4 Å². The summed E-state index contributed by atoms with van der Waals surface area (Å²) in [6.45, 7) is 5.32. The third-order valence-corrected chi connectivity index (χ3v) is 4.96. The Morgan fingerprint density at radius 2 is 1.83 bits per heavy atom. The zero-order valence-electron chi connectivity index (χ0n) is 13.7. The molecule has 7 heteroatoms. The van der Waals surface area contributed by atoms with Crippen LogP contribution in [0.15, 0.2) is 0 Å². The van der Waals surface area contributed by atoms with E-state index in [1.807, 2.05) is 9.80 Å². The number of ether oxygens (including phenoxy) is 1. The van der Waals surface area contributed by atoms with E-state index < -0.39 is 0 Å². The highest BCUT2D eigenvalue weighted by Gasteiger charge is 2.32. The minimum atomic E-state index is 0. The Kier molecular flexibility index (Phi) is 7.11. The molecule has 0 aromatic carbocycles. The van der Waals surface area contributed by atoms with Gasteiger partial charge in [0.05, 0.1) is 19.1 Å². The van der Waals surface area contributed by atoms with Gasteiger partial charge in [-0.15, -0.1) is 12.4 Å². The summed E-state index contributed by atoms with van der Waals surface area (Å²) in [6, 6.07) is 0.121. The maximum Gasteiger partial charge on any atom is 0.227 e. The van der Waals surface area contributed by atoms with Crippen LogP contribution in [0.3, 0.4) is 0 Å². The second-order valence-corrected chi connectivity index (χ2v) is 6.64. The summed E-state index contributed by atoms with van der Waals surface area (Å²) >= 11 is 0. The van der Waals surface area contributed by atoms with Gasteiger partial charge in [-0.05, 0) is 25.7 Å². The van der Waals surface area contributed by atoms with Crippen LogP contribution in [0.2, 0.25) is 0 Å². The van der Waals surface area contributed by atoms with Crippen LogP contribution in [0.5, 0.6) is 0 Å². The van der Waals surface area contributed by atoms with Crippen molar-refractivity contribution in [3.05, 3.63) is 0 Å². The summed E-state index contributed by atoms with van der Waals surface area (Å²) in [7, 11) is 0. The van der Waals surface area contributed by atoms with Crippen LogP contribution in [-0.2, 0) is 14.3 Å². The molecule has 2 unspecified atom stereocenters. The van der Waals surface area contributed by atoms with Crippen LogP contribution < -0.4 is 5.32 Å². The molecule has 0 spiro atoms. The molecule has 0 saturated carbocycles. The third-order valence-electron chi connectivity index (χ3n) is 4.96. The van der Waals surface area contributed by atoms with Gasteiger partial charge < -0.3 is 19.9 Å². The molecule has 0 aliphatic carbocycles. The molecule has 0 aromatic heterocycles. The van der Waals surface area contributed by atoms with E-state index in [2.05, 4.69) is 5.32 Å². The van der Waals surface area contributed by atoms with Gasteiger partial charge in [0.15, 0.2) is 0 Å². The molecule has 0 aromatic rings. The Labute approximate surface area is 144 Å². The Morgan fingerprint density at radius 3 is 2.52 bits per heavy atom. The first-order valence-electron chi connectivity index (χ1n) is 8.62. The largest absolute Gasteiger partial charge is 0.378 e. The molecule has 0 bridgehead atoms. The van der Waals surface area contributed by atoms with Crippen molar-refractivity contribution in [1.82, 2.24) is 15.1 Å². The number of rotatable bonds is 3. The van der Waals surface area contributed by atoms with Gasteiger partial charge in [-0.3, -0.25) is 9.59 Å². The van der Waals surface area contributed by atoms with Gasteiger partial charge in [0, 0.05) is 45.2 Å². The maximum atomic E-state index is 12.5. The second kappa shape index (κ2) is 8.85. The molecule has 1 N–H and O–H groups in total. The average Bonchev–Trinajstić information content (AvgIpc) is 3.09. The molecule has 132 valence electrons. The maximum absolute atomic E-state index is 12.5. The normalized spacial score (nSPS) is 28.3. The predicted molar refractivity (Wildman–Crippen MR) is 89.6 cm³/mol. The molecule has 2 atom stereocenters. The summed E-state index contributed by atoms with van der Waals surface area (Å²) in [5, 5.41) is 3.32. The van der Waals surface area contributed by atoms with Crippen molar-refractivity contribution >= 4 is 24.2 Å². The van der Waals surface area contributed by atoms with E-state index in [0.717, 1.165) is 58.5 Å². The fourth-order valence-electron chi connectivity index (χ4n) is 3.69. The second-order valence-electron chi connectivity index (χ2n) is 6.64. The lowest BCUT2D eigenvalue weighted by molar-refractivity contribution is -0.140. The number of halogens is 1. The number of hydrogen-bond acceptors (Lipinski definition) is 4. The van der Waals surface area contributed by atoms with E-state index in [9.17, 15) is 9.59 Å². The summed E-state index contributed by atoms with van der Waals surface area (Å²) in [5.41, 5.74) is 0. The van der Waals surface area contributed by atoms with Gasteiger partial charge in [0.1, 0.15) is 0 Å². The van der Waals surface area contributed by atoms with Gasteiger partial charge in [-0.1, -0.05) is 0 Å². The number of hydrogen-bond donors (Lipinski definition) is 1. The van der Waals surface area contributed by atoms with E-state index in [0.29, 0.717) is 19.6 Å². The zero-order valence-corrected chi connectivity index (χ0v) is 14.5. The van der Waals surface area contributed by atoms with Crippen molar-refractivity contribution < 1.29 is 14.3 Å². The number of piperidine rings is 1. The van der Waals surface area contributed by atoms with Gasteiger partial charge in [-0.25, -0.2) is 0 Å². The zero-order chi connectivity index (χ0) is 15.4. The predicted octanol–water partition coefficient (Wildman–Crippen LogP) is 0.648. The first-order chi connectivity index (χ1) is 10.7. The lowest BCUT2D eigenvalue weighted by Crippen LogP contribution is -2.49. The smallest absolute Gasteiger partial charge is 0.227 e. The molecule has 3 heterocycles. The van der Waals surface area contributed by atoms with E-state index in [1.54, 1.807) is 0 Å². The molecular formula is C16H28ClN3O3. The first kappa shape index (κ1) is 18.5. The van der Waals surface area contributed by atoms with Crippen molar-refractivity contribution in [1.29, 1.82) is 0 Å². The van der Waals surface area contributed by atoms with Crippen molar-refractivity contribution in [3.63, 3.8) is 0 Å². The highest BCUT2D eigenvalue weighted by Crippen LogP contribution is 2.22. The van der Waals surface area contributed by atoms with Crippen LogP contribution in [0.1, 0.15) is 32.1 Å². The molecule has 2 amide bonds. The summed E-state index contributed by atoms with van der Waals surface area (Å²) in [4.78, 5) is 28.8. The quantitative estimate of drug-likeness (QED) is 0.815. The molecule has 23 heavy (non-hydrogen) atoms. The average molecular weight is 346 g/mol. The number of morpholine rings is 1. The highest BCUT2D eigenvalue weighted by atomic mass is 35.5. The number of nitrogens with one attached hydrogen (secondary N) is 1. The lowest BCUT2D eigenvalue weighted by atomic mass is 9.96. The van der Waals surface area contributed by atoms with E-state index >= 15 is 0 Å². The molecule has 3 aliphatic rings. The SMILES string of the molecule is Cl.O=C(CC1COCCN1)N1CCCC(C(=O)N2CCCC2)C1. The Bertz CT molecular complexity index is 409. The fraction of sp³-hybridized carbons (Fsp3) is 0.875. The number of amides is 2. The number of likely N-dealkylation sites (tertiary alicyclic amines) is 2. The minimum Gasteiger partial charge on any atom is -0.378 e.